The highest BCUT2D eigenvalue weighted by Crippen LogP contribution is 2.33. The Hall–Kier alpha value is -4.07. The Balaban J connectivity index is 2.00. The van der Waals surface area contributed by atoms with E-state index in [0.717, 1.165) is 27.8 Å². The molecule has 8 nitrogen and oxygen atoms in total. The summed E-state index contributed by atoms with van der Waals surface area (Å²) in [5.74, 6) is -1.46. The minimum atomic E-state index is -1.09. The van der Waals surface area contributed by atoms with E-state index in [1.807, 2.05) is 57.2 Å². The van der Waals surface area contributed by atoms with Crippen LogP contribution in [0.3, 0.4) is 0 Å². The van der Waals surface area contributed by atoms with Crippen molar-refractivity contribution >= 4 is 17.7 Å². The van der Waals surface area contributed by atoms with Crippen molar-refractivity contribution in [3.05, 3.63) is 81.3 Å². The first-order valence-electron chi connectivity index (χ1n) is 10.4. The highest BCUT2D eigenvalue weighted by Gasteiger charge is 2.23. The first-order chi connectivity index (χ1) is 15.6. The van der Waals surface area contributed by atoms with Gasteiger partial charge in [0.1, 0.15) is 5.75 Å². The summed E-state index contributed by atoms with van der Waals surface area (Å²) in [6.45, 7) is 5.81. The second kappa shape index (κ2) is 9.60. The number of carboxylic acids is 1. The van der Waals surface area contributed by atoms with Crippen LogP contribution in [0.15, 0.2) is 53.5 Å². The molecule has 0 aliphatic heterocycles. The lowest BCUT2D eigenvalue weighted by Gasteiger charge is -2.23. The van der Waals surface area contributed by atoms with Gasteiger partial charge < -0.3 is 25.4 Å². The lowest BCUT2D eigenvalue weighted by molar-refractivity contribution is -0.137. The van der Waals surface area contributed by atoms with Gasteiger partial charge in [-0.3, -0.25) is 9.59 Å². The number of benzene rings is 2. The SMILES string of the molecule is Cc1cc(-c2ccccc2C)c(C)c(C(CC(=O)O)NC(=O)Nc2c(O)ccn(C)c2=O)c1. The molecule has 0 aliphatic carbocycles. The zero-order valence-electron chi connectivity index (χ0n) is 19.0. The van der Waals surface area contributed by atoms with Gasteiger partial charge in [-0.25, -0.2) is 4.79 Å². The number of pyridine rings is 1. The molecule has 0 saturated heterocycles. The maximum Gasteiger partial charge on any atom is 0.319 e. The fourth-order valence-electron chi connectivity index (χ4n) is 3.86. The zero-order chi connectivity index (χ0) is 24.3. The van der Waals surface area contributed by atoms with Crippen LogP contribution >= 0.6 is 0 Å². The third kappa shape index (κ3) is 5.23. The molecule has 8 heteroatoms. The summed E-state index contributed by atoms with van der Waals surface area (Å²) >= 11 is 0. The summed E-state index contributed by atoms with van der Waals surface area (Å²) in [4.78, 5) is 36.6. The van der Waals surface area contributed by atoms with Gasteiger partial charge >= 0.3 is 12.0 Å². The number of anilines is 1. The number of hydrogen-bond donors (Lipinski definition) is 4. The van der Waals surface area contributed by atoms with Crippen molar-refractivity contribution < 1.29 is 19.8 Å². The maximum atomic E-state index is 12.7. The predicted molar refractivity (Wildman–Crippen MR) is 127 cm³/mol. The average Bonchev–Trinajstić information content (AvgIpc) is 2.75. The van der Waals surface area contributed by atoms with E-state index in [0.29, 0.717) is 5.56 Å². The molecule has 0 radical (unpaired) electrons. The van der Waals surface area contributed by atoms with Crippen LogP contribution in [-0.4, -0.2) is 26.8 Å². The summed E-state index contributed by atoms with van der Waals surface area (Å²) in [7, 11) is 1.49. The number of carboxylic acid groups (broad SMARTS) is 1. The summed E-state index contributed by atoms with van der Waals surface area (Å²) in [6.07, 6.45) is 1.01. The van der Waals surface area contributed by atoms with Crippen molar-refractivity contribution in [3.8, 4) is 16.9 Å². The Bertz CT molecular complexity index is 1280. The van der Waals surface area contributed by atoms with E-state index in [4.69, 9.17) is 0 Å². The molecule has 0 aliphatic rings. The van der Waals surface area contributed by atoms with Crippen LogP contribution < -0.4 is 16.2 Å². The van der Waals surface area contributed by atoms with Gasteiger partial charge in [0, 0.05) is 13.2 Å². The number of carbonyl (C=O) groups is 2. The van der Waals surface area contributed by atoms with Crippen LogP contribution in [0.25, 0.3) is 11.1 Å². The molecule has 1 aromatic heterocycles. The Kier molecular flexibility index (Phi) is 6.86. The van der Waals surface area contributed by atoms with Crippen molar-refractivity contribution in [1.82, 2.24) is 9.88 Å². The van der Waals surface area contributed by atoms with E-state index in [2.05, 4.69) is 10.6 Å². The second-order valence-electron chi connectivity index (χ2n) is 8.08. The number of nitrogens with one attached hydrogen (secondary N) is 2. The van der Waals surface area contributed by atoms with Crippen molar-refractivity contribution in [2.45, 2.75) is 33.2 Å². The number of hydrogen-bond acceptors (Lipinski definition) is 4. The topological polar surface area (TPSA) is 121 Å². The molecule has 3 aromatic rings. The molecule has 1 atom stereocenters. The van der Waals surface area contributed by atoms with Gasteiger partial charge in [-0.15, -0.1) is 0 Å². The number of urea groups is 1. The molecule has 4 N–H and O–H groups in total. The molecular weight excluding hydrogens is 422 g/mol. The molecule has 0 spiro atoms. The summed E-state index contributed by atoms with van der Waals surface area (Å²) in [5.41, 5.74) is 4.61. The molecule has 172 valence electrons. The lowest BCUT2D eigenvalue weighted by atomic mass is 9.88. The molecule has 2 aromatic carbocycles. The number of amides is 2. The molecule has 0 saturated carbocycles. The second-order valence-corrected chi connectivity index (χ2v) is 8.08. The first kappa shape index (κ1) is 23.6. The minimum Gasteiger partial charge on any atom is -0.505 e. The van der Waals surface area contributed by atoms with Gasteiger partial charge in [0.15, 0.2) is 5.69 Å². The predicted octanol–water partition coefficient (Wildman–Crippen LogP) is 4.02. The summed E-state index contributed by atoms with van der Waals surface area (Å²) in [5, 5.41) is 24.5. The van der Waals surface area contributed by atoms with Crippen LogP contribution in [0.2, 0.25) is 0 Å². The van der Waals surface area contributed by atoms with E-state index in [1.165, 1.54) is 23.9 Å². The summed E-state index contributed by atoms with van der Waals surface area (Å²) in [6, 6.07) is 11.4. The fourth-order valence-corrected chi connectivity index (χ4v) is 3.86. The van der Waals surface area contributed by atoms with Crippen LogP contribution in [-0.2, 0) is 11.8 Å². The normalized spacial score (nSPS) is 11.6. The Morgan fingerprint density at radius 1 is 1.06 bits per heavy atom. The molecule has 33 heavy (non-hydrogen) atoms. The maximum absolute atomic E-state index is 12.7. The molecule has 1 unspecified atom stereocenters. The van der Waals surface area contributed by atoms with E-state index in [1.54, 1.807) is 0 Å². The number of nitrogens with zero attached hydrogens (tertiary/aromatic N) is 1. The van der Waals surface area contributed by atoms with E-state index < -0.39 is 23.6 Å². The number of aromatic hydroxyl groups is 1. The molecule has 3 rings (SSSR count). The zero-order valence-corrected chi connectivity index (χ0v) is 19.0. The largest absolute Gasteiger partial charge is 0.505 e. The van der Waals surface area contributed by atoms with Gasteiger partial charge in [0.2, 0.25) is 0 Å². The summed E-state index contributed by atoms with van der Waals surface area (Å²) < 4.78 is 1.21. The monoisotopic (exact) mass is 449 g/mol. The van der Waals surface area contributed by atoms with Gasteiger partial charge in [-0.2, -0.15) is 0 Å². The standard InChI is InChI=1S/C25H27N3O5/c1-14-11-18(17-8-6-5-7-15(17)2)16(3)19(12-14)20(13-22(30)31)26-25(33)27-23-21(29)9-10-28(4)24(23)32/h5-12,20,29H,13H2,1-4H3,(H,30,31)(H2,26,27,33). The van der Waals surface area contributed by atoms with Gasteiger partial charge in [0.05, 0.1) is 12.5 Å². The van der Waals surface area contributed by atoms with E-state index >= 15 is 0 Å². The van der Waals surface area contributed by atoms with Gasteiger partial charge in [-0.1, -0.05) is 42.0 Å². The lowest BCUT2D eigenvalue weighted by Crippen LogP contribution is -2.36. The minimum absolute atomic E-state index is 0.284. The fraction of sp³-hybridized carbons (Fsp3) is 0.240. The van der Waals surface area contributed by atoms with Crippen LogP contribution in [0.5, 0.6) is 5.75 Å². The smallest absolute Gasteiger partial charge is 0.319 e. The molecular formula is C25H27N3O5. The van der Waals surface area contributed by atoms with E-state index in [-0.39, 0.29) is 17.9 Å². The van der Waals surface area contributed by atoms with Crippen molar-refractivity contribution in [2.75, 3.05) is 5.32 Å². The number of carbonyl (C=O) groups excluding carboxylic acids is 1. The Labute approximate surface area is 191 Å². The number of aliphatic carboxylic acids is 1. The number of aromatic nitrogens is 1. The van der Waals surface area contributed by atoms with Crippen molar-refractivity contribution in [3.63, 3.8) is 0 Å². The van der Waals surface area contributed by atoms with Gasteiger partial charge in [0.25, 0.3) is 5.56 Å². The average molecular weight is 450 g/mol. The third-order valence-electron chi connectivity index (χ3n) is 5.57. The number of aryl methyl sites for hydroxylation is 3. The highest BCUT2D eigenvalue weighted by atomic mass is 16.4. The van der Waals surface area contributed by atoms with Crippen LogP contribution in [0.1, 0.15) is 34.7 Å². The third-order valence-corrected chi connectivity index (χ3v) is 5.57. The molecule has 1 heterocycles. The quantitative estimate of drug-likeness (QED) is 0.453. The highest BCUT2D eigenvalue weighted by molar-refractivity contribution is 5.91. The Morgan fingerprint density at radius 3 is 2.42 bits per heavy atom. The molecule has 2 amide bonds. The van der Waals surface area contributed by atoms with E-state index in [9.17, 15) is 24.6 Å². The molecule has 0 bridgehead atoms. The van der Waals surface area contributed by atoms with Crippen molar-refractivity contribution in [1.29, 1.82) is 0 Å². The Morgan fingerprint density at radius 2 is 1.76 bits per heavy atom. The number of rotatable bonds is 6. The van der Waals surface area contributed by atoms with Crippen LogP contribution in [0.4, 0.5) is 10.5 Å². The van der Waals surface area contributed by atoms with Crippen LogP contribution in [0, 0.1) is 20.8 Å². The van der Waals surface area contributed by atoms with Crippen molar-refractivity contribution in [2.24, 2.45) is 7.05 Å². The molecule has 0 fully saturated rings. The van der Waals surface area contributed by atoms with Gasteiger partial charge in [-0.05, 0) is 54.7 Å². The first-order valence-corrected chi connectivity index (χ1v) is 10.4.